The van der Waals surface area contributed by atoms with Crippen molar-refractivity contribution in [3.05, 3.63) is 35.6 Å². The molecular formula is C9H9FN2O2S. The van der Waals surface area contributed by atoms with E-state index in [9.17, 15) is 9.18 Å². The highest BCUT2D eigenvalue weighted by Gasteiger charge is 2.00. The highest BCUT2D eigenvalue weighted by atomic mass is 32.1. The summed E-state index contributed by atoms with van der Waals surface area (Å²) in [6.45, 7) is 0. The predicted octanol–water partition coefficient (Wildman–Crippen LogP) is 1.47. The first-order chi connectivity index (χ1) is 7.08. The predicted molar refractivity (Wildman–Crippen MR) is 57.0 cm³/mol. The molecule has 1 aromatic carbocycles. The van der Waals surface area contributed by atoms with Crippen LogP contribution < -0.4 is 10.9 Å². The summed E-state index contributed by atoms with van der Waals surface area (Å²) in [7, 11) is 0. The van der Waals surface area contributed by atoms with Crippen molar-refractivity contribution in [3.8, 4) is 0 Å². The Kier molecular flexibility index (Phi) is 3.99. The molecule has 0 bridgehead atoms. The van der Waals surface area contributed by atoms with Gasteiger partial charge in [0.15, 0.2) is 0 Å². The van der Waals surface area contributed by atoms with Crippen LogP contribution in [0.2, 0.25) is 0 Å². The van der Waals surface area contributed by atoms with Crippen molar-refractivity contribution in [2.24, 2.45) is 0 Å². The van der Waals surface area contributed by atoms with Crippen LogP contribution in [0.4, 0.5) is 9.18 Å². The number of carboxylic acid groups (broad SMARTS) is 1. The van der Waals surface area contributed by atoms with Crippen LogP contribution in [0.5, 0.6) is 0 Å². The minimum Gasteiger partial charge on any atom is -0.464 e. The van der Waals surface area contributed by atoms with E-state index in [1.807, 2.05) is 5.43 Å². The molecule has 0 spiro atoms. The van der Waals surface area contributed by atoms with Gasteiger partial charge in [0.05, 0.1) is 4.99 Å². The lowest BCUT2D eigenvalue weighted by Gasteiger charge is -2.06. The number of halogens is 1. The molecule has 1 amide bonds. The van der Waals surface area contributed by atoms with Gasteiger partial charge in [0.1, 0.15) is 5.82 Å². The van der Waals surface area contributed by atoms with Crippen LogP contribution in [-0.2, 0) is 6.42 Å². The van der Waals surface area contributed by atoms with Crippen molar-refractivity contribution in [2.45, 2.75) is 6.42 Å². The van der Waals surface area contributed by atoms with Crippen molar-refractivity contribution in [2.75, 3.05) is 0 Å². The van der Waals surface area contributed by atoms with E-state index in [1.165, 1.54) is 12.1 Å². The first-order valence-corrected chi connectivity index (χ1v) is 4.51. The maximum atomic E-state index is 12.5. The molecule has 4 nitrogen and oxygen atoms in total. The molecule has 0 fully saturated rings. The van der Waals surface area contributed by atoms with E-state index in [0.29, 0.717) is 11.4 Å². The molecule has 0 aliphatic rings. The second kappa shape index (κ2) is 5.26. The molecule has 1 rings (SSSR count). The molecule has 15 heavy (non-hydrogen) atoms. The zero-order chi connectivity index (χ0) is 11.3. The van der Waals surface area contributed by atoms with E-state index in [0.717, 1.165) is 5.56 Å². The normalized spacial score (nSPS) is 9.40. The van der Waals surface area contributed by atoms with Gasteiger partial charge in [0.2, 0.25) is 0 Å². The largest absolute Gasteiger partial charge is 0.464 e. The molecule has 0 saturated carbocycles. The molecule has 0 unspecified atom stereocenters. The van der Waals surface area contributed by atoms with Gasteiger partial charge in [-0.05, 0) is 17.7 Å². The van der Waals surface area contributed by atoms with Crippen molar-refractivity contribution in [1.29, 1.82) is 0 Å². The number of hydrogen-bond donors (Lipinski definition) is 3. The Morgan fingerprint density at radius 1 is 1.33 bits per heavy atom. The first kappa shape index (κ1) is 11.4. The highest BCUT2D eigenvalue weighted by molar-refractivity contribution is 7.80. The summed E-state index contributed by atoms with van der Waals surface area (Å²) in [5.41, 5.74) is 5.07. The van der Waals surface area contributed by atoms with Crippen molar-refractivity contribution in [1.82, 2.24) is 10.9 Å². The minimum atomic E-state index is -1.21. The Morgan fingerprint density at radius 3 is 2.47 bits per heavy atom. The summed E-state index contributed by atoms with van der Waals surface area (Å²) in [5.74, 6) is -0.318. The second-order valence-electron chi connectivity index (χ2n) is 2.78. The Bertz CT molecular complexity index is 367. The van der Waals surface area contributed by atoms with Gasteiger partial charge in [-0.25, -0.2) is 14.6 Å². The molecule has 0 saturated heterocycles. The number of hydrogen-bond acceptors (Lipinski definition) is 2. The molecular weight excluding hydrogens is 219 g/mol. The minimum absolute atomic E-state index is 0.318. The third-order valence-corrected chi connectivity index (χ3v) is 1.83. The molecule has 1 aromatic rings. The van der Waals surface area contributed by atoms with Crippen LogP contribution in [0.1, 0.15) is 5.56 Å². The monoisotopic (exact) mass is 228 g/mol. The second-order valence-corrected chi connectivity index (χ2v) is 3.27. The van der Waals surface area contributed by atoms with E-state index in [-0.39, 0.29) is 5.82 Å². The van der Waals surface area contributed by atoms with Gasteiger partial charge in [-0.1, -0.05) is 24.4 Å². The number of hydrazine groups is 1. The van der Waals surface area contributed by atoms with Gasteiger partial charge in [-0.2, -0.15) is 0 Å². The molecule has 3 N–H and O–H groups in total. The van der Waals surface area contributed by atoms with Crippen LogP contribution in [0.25, 0.3) is 0 Å². The van der Waals surface area contributed by atoms with Gasteiger partial charge in [0.25, 0.3) is 0 Å². The molecule has 0 atom stereocenters. The fourth-order valence-electron chi connectivity index (χ4n) is 0.955. The Balaban J connectivity index is 2.44. The SMILES string of the molecule is O=C(O)NNC(=S)Cc1ccc(F)cc1. The van der Waals surface area contributed by atoms with E-state index in [2.05, 4.69) is 5.43 Å². The van der Waals surface area contributed by atoms with Crippen LogP contribution in [-0.4, -0.2) is 16.2 Å². The lowest BCUT2D eigenvalue weighted by atomic mass is 10.1. The third kappa shape index (κ3) is 4.37. The molecule has 0 heterocycles. The molecule has 80 valence electrons. The maximum Gasteiger partial charge on any atom is 0.423 e. The Morgan fingerprint density at radius 2 is 1.93 bits per heavy atom. The lowest BCUT2D eigenvalue weighted by Crippen LogP contribution is -2.40. The average Bonchev–Trinajstić information content (AvgIpc) is 2.19. The van der Waals surface area contributed by atoms with Crippen LogP contribution in [0, 0.1) is 5.82 Å². The summed E-state index contributed by atoms with van der Waals surface area (Å²) in [5, 5.41) is 8.28. The number of benzene rings is 1. The molecule has 0 radical (unpaired) electrons. The van der Waals surface area contributed by atoms with E-state index >= 15 is 0 Å². The molecule has 0 aromatic heterocycles. The molecule has 6 heteroatoms. The zero-order valence-electron chi connectivity index (χ0n) is 7.66. The summed E-state index contributed by atoms with van der Waals surface area (Å²) in [6.07, 6.45) is -0.855. The Hall–Kier alpha value is -1.69. The maximum absolute atomic E-state index is 12.5. The van der Waals surface area contributed by atoms with Gasteiger partial charge >= 0.3 is 6.09 Å². The standard InChI is InChI=1S/C9H9FN2O2S/c10-7-3-1-6(2-4-7)5-8(15)11-12-9(13)14/h1-4,12H,5H2,(H,11,15)(H,13,14). The van der Waals surface area contributed by atoms with E-state index < -0.39 is 6.09 Å². The van der Waals surface area contributed by atoms with Crippen LogP contribution >= 0.6 is 12.2 Å². The number of carbonyl (C=O) groups is 1. The number of rotatable bonds is 2. The summed E-state index contributed by atoms with van der Waals surface area (Å²) < 4.78 is 12.5. The highest BCUT2D eigenvalue weighted by Crippen LogP contribution is 2.03. The summed E-state index contributed by atoms with van der Waals surface area (Å²) in [6, 6.07) is 5.82. The Labute approximate surface area is 91.1 Å². The summed E-state index contributed by atoms with van der Waals surface area (Å²) >= 11 is 4.86. The fourth-order valence-corrected chi connectivity index (χ4v) is 1.17. The number of nitrogens with one attached hydrogen (secondary N) is 2. The number of thiocarbonyl (C=S) groups is 1. The molecule has 0 aliphatic carbocycles. The van der Waals surface area contributed by atoms with Crippen molar-refractivity contribution < 1.29 is 14.3 Å². The number of amides is 1. The fraction of sp³-hybridized carbons (Fsp3) is 0.111. The van der Waals surface area contributed by atoms with Gasteiger partial charge in [-0.15, -0.1) is 0 Å². The van der Waals surface area contributed by atoms with Crippen LogP contribution in [0.15, 0.2) is 24.3 Å². The van der Waals surface area contributed by atoms with Crippen molar-refractivity contribution >= 4 is 23.3 Å². The third-order valence-electron chi connectivity index (χ3n) is 1.59. The topological polar surface area (TPSA) is 61.4 Å². The lowest BCUT2D eigenvalue weighted by molar-refractivity contribution is 0.192. The first-order valence-electron chi connectivity index (χ1n) is 4.10. The van der Waals surface area contributed by atoms with E-state index in [1.54, 1.807) is 12.1 Å². The van der Waals surface area contributed by atoms with Crippen LogP contribution in [0.3, 0.4) is 0 Å². The van der Waals surface area contributed by atoms with Gasteiger partial charge < -0.3 is 5.11 Å². The van der Waals surface area contributed by atoms with E-state index in [4.69, 9.17) is 17.3 Å². The van der Waals surface area contributed by atoms with Crippen molar-refractivity contribution in [3.63, 3.8) is 0 Å². The zero-order valence-corrected chi connectivity index (χ0v) is 8.47. The average molecular weight is 228 g/mol. The quantitative estimate of drug-likeness (QED) is 0.530. The smallest absolute Gasteiger partial charge is 0.423 e. The van der Waals surface area contributed by atoms with Gasteiger partial charge in [-0.3, -0.25) is 5.43 Å². The van der Waals surface area contributed by atoms with Gasteiger partial charge in [0, 0.05) is 6.42 Å². The molecule has 0 aliphatic heterocycles. The summed E-state index contributed by atoms with van der Waals surface area (Å²) in [4.78, 5) is 10.4.